The molecule has 9 heteroatoms. The van der Waals surface area contributed by atoms with Crippen molar-refractivity contribution in [2.24, 2.45) is 13.0 Å². The molecule has 0 radical (unpaired) electrons. The fraction of sp³-hybridized carbons (Fsp3) is 0.438. The smallest absolute Gasteiger partial charge is 0.303 e. The maximum Gasteiger partial charge on any atom is 0.303 e. The Kier molecular flexibility index (Phi) is 4.76. The predicted octanol–water partition coefficient (Wildman–Crippen LogP) is 1.92. The van der Waals surface area contributed by atoms with E-state index < -0.39 is 23.4 Å². The van der Waals surface area contributed by atoms with Crippen LogP contribution in [-0.2, 0) is 18.4 Å². The third-order valence-corrected chi connectivity index (χ3v) is 4.44. The molecule has 6 nitrogen and oxygen atoms in total. The van der Waals surface area contributed by atoms with E-state index in [1.54, 1.807) is 13.2 Å². The number of hydrogen-bond donors (Lipinski definition) is 1. The van der Waals surface area contributed by atoms with E-state index in [-0.39, 0.29) is 30.4 Å². The quantitative estimate of drug-likeness (QED) is 0.831. The van der Waals surface area contributed by atoms with Crippen LogP contribution in [-0.4, -0.2) is 44.1 Å². The highest BCUT2D eigenvalue weighted by Crippen LogP contribution is 2.34. The van der Waals surface area contributed by atoms with Crippen LogP contribution in [0.4, 0.5) is 13.2 Å². The zero-order valence-corrected chi connectivity index (χ0v) is 13.5. The van der Waals surface area contributed by atoms with Crippen LogP contribution < -0.4 is 0 Å². The molecular weight excluding hydrogens is 337 g/mol. The number of aryl methyl sites for hydroxylation is 1. The predicted molar refractivity (Wildman–Crippen MR) is 81.1 cm³/mol. The molecule has 1 aliphatic rings. The van der Waals surface area contributed by atoms with E-state index in [2.05, 4.69) is 10.3 Å². The Morgan fingerprint density at radius 3 is 2.60 bits per heavy atom. The lowest BCUT2D eigenvalue weighted by molar-refractivity contribution is -0.138. The molecule has 1 saturated heterocycles. The van der Waals surface area contributed by atoms with Crippen LogP contribution in [0.2, 0.25) is 0 Å². The molecule has 1 aromatic carbocycles. The number of carboxylic acid groups (broad SMARTS) is 1. The molecule has 3 rings (SSSR count). The Morgan fingerprint density at radius 1 is 1.24 bits per heavy atom. The molecule has 1 aliphatic heterocycles. The average Bonchev–Trinajstić information content (AvgIpc) is 3.10. The Bertz CT molecular complexity index is 796. The number of benzene rings is 1. The third kappa shape index (κ3) is 3.81. The summed E-state index contributed by atoms with van der Waals surface area (Å²) in [6.45, 7) is 0.900. The highest BCUT2D eigenvalue weighted by atomic mass is 19.2. The summed E-state index contributed by atoms with van der Waals surface area (Å²) in [4.78, 5) is 12.9. The van der Waals surface area contributed by atoms with Crippen LogP contribution >= 0.6 is 0 Å². The minimum atomic E-state index is -1.23. The van der Waals surface area contributed by atoms with E-state index in [1.807, 2.05) is 4.90 Å². The topological polar surface area (TPSA) is 71.2 Å². The fourth-order valence-corrected chi connectivity index (χ4v) is 3.32. The van der Waals surface area contributed by atoms with Crippen molar-refractivity contribution in [3.63, 3.8) is 0 Å². The second kappa shape index (κ2) is 6.83. The van der Waals surface area contributed by atoms with Crippen molar-refractivity contribution in [1.29, 1.82) is 0 Å². The lowest BCUT2D eigenvalue weighted by Gasteiger charge is -2.16. The molecule has 25 heavy (non-hydrogen) atoms. The van der Waals surface area contributed by atoms with Gasteiger partial charge in [0.1, 0.15) is 5.82 Å². The minimum Gasteiger partial charge on any atom is -0.481 e. The van der Waals surface area contributed by atoms with Gasteiger partial charge in [0.2, 0.25) is 0 Å². The van der Waals surface area contributed by atoms with Crippen LogP contribution in [0.15, 0.2) is 18.3 Å². The fourth-order valence-electron chi connectivity index (χ4n) is 3.32. The lowest BCUT2D eigenvalue weighted by atomic mass is 9.91. The molecule has 0 amide bonds. The molecule has 0 bridgehead atoms. The highest BCUT2D eigenvalue weighted by molar-refractivity contribution is 5.67. The Hall–Kier alpha value is -2.42. The van der Waals surface area contributed by atoms with Crippen LogP contribution in [0.1, 0.15) is 23.6 Å². The van der Waals surface area contributed by atoms with Gasteiger partial charge in [0, 0.05) is 50.4 Å². The number of likely N-dealkylation sites (tertiary alicyclic amines) is 1. The first-order valence-electron chi connectivity index (χ1n) is 7.77. The van der Waals surface area contributed by atoms with Gasteiger partial charge in [-0.15, -0.1) is 5.10 Å². The largest absolute Gasteiger partial charge is 0.481 e. The van der Waals surface area contributed by atoms with Crippen molar-refractivity contribution < 1.29 is 23.1 Å². The molecule has 2 heterocycles. The lowest BCUT2D eigenvalue weighted by Crippen LogP contribution is -2.21. The maximum atomic E-state index is 13.9. The van der Waals surface area contributed by atoms with Gasteiger partial charge in [-0.2, -0.15) is 0 Å². The van der Waals surface area contributed by atoms with Gasteiger partial charge in [-0.1, -0.05) is 5.21 Å². The van der Waals surface area contributed by atoms with Crippen LogP contribution in [0.3, 0.4) is 0 Å². The van der Waals surface area contributed by atoms with Crippen molar-refractivity contribution in [2.45, 2.75) is 18.9 Å². The van der Waals surface area contributed by atoms with Crippen molar-refractivity contribution >= 4 is 5.97 Å². The summed E-state index contributed by atoms with van der Waals surface area (Å²) < 4.78 is 41.8. The number of halogens is 3. The van der Waals surface area contributed by atoms with Gasteiger partial charge >= 0.3 is 5.97 Å². The van der Waals surface area contributed by atoms with E-state index >= 15 is 0 Å². The molecule has 0 unspecified atom stereocenters. The van der Waals surface area contributed by atoms with E-state index in [4.69, 9.17) is 5.11 Å². The number of hydrogen-bond acceptors (Lipinski definition) is 4. The van der Waals surface area contributed by atoms with E-state index in [0.717, 1.165) is 6.07 Å². The number of nitrogens with zero attached hydrogens (tertiary/aromatic N) is 4. The summed E-state index contributed by atoms with van der Waals surface area (Å²) in [5, 5.41) is 17.0. The number of aliphatic carboxylic acids is 1. The summed E-state index contributed by atoms with van der Waals surface area (Å²) in [7, 11) is 1.71. The second-order valence-electron chi connectivity index (χ2n) is 6.33. The second-order valence-corrected chi connectivity index (χ2v) is 6.33. The Morgan fingerprint density at radius 2 is 1.96 bits per heavy atom. The first-order chi connectivity index (χ1) is 11.8. The first kappa shape index (κ1) is 17.4. The molecular formula is C16H17F3N4O2. The van der Waals surface area contributed by atoms with Crippen molar-refractivity contribution in [3.8, 4) is 0 Å². The van der Waals surface area contributed by atoms with E-state index in [1.165, 1.54) is 4.68 Å². The molecule has 0 spiro atoms. The molecule has 1 fully saturated rings. The molecule has 134 valence electrons. The summed E-state index contributed by atoms with van der Waals surface area (Å²) in [5.41, 5.74) is 0.703. The summed E-state index contributed by atoms with van der Waals surface area (Å²) in [6, 6.07) is 1.36. The van der Waals surface area contributed by atoms with Gasteiger partial charge in [0.05, 0.1) is 12.1 Å². The molecule has 0 saturated carbocycles. The van der Waals surface area contributed by atoms with E-state index in [0.29, 0.717) is 24.8 Å². The molecule has 2 atom stereocenters. The highest BCUT2D eigenvalue weighted by Gasteiger charge is 2.37. The van der Waals surface area contributed by atoms with Gasteiger partial charge in [-0.3, -0.25) is 14.4 Å². The zero-order chi connectivity index (χ0) is 18.1. The standard InChI is InChI=1S/C16H17F3N4O2/c1-22-8-15(20-21-22)11-7-23(5-9(11)3-16(24)25)6-10-2-13(18)14(19)4-12(10)17/h2,4,8-9,11H,3,5-7H2,1H3,(H,24,25)/t9-,11+/m0/s1. The minimum absolute atomic E-state index is 0.0350. The SMILES string of the molecule is Cn1cc([C@@H]2CN(Cc3cc(F)c(F)cc3F)C[C@@H]2CC(=O)O)nn1. The Balaban J connectivity index is 1.79. The van der Waals surface area contributed by atoms with Gasteiger partial charge in [-0.05, 0) is 12.0 Å². The maximum absolute atomic E-state index is 13.9. The zero-order valence-electron chi connectivity index (χ0n) is 13.5. The van der Waals surface area contributed by atoms with Gasteiger partial charge in [-0.25, -0.2) is 13.2 Å². The van der Waals surface area contributed by atoms with Crippen molar-refractivity contribution in [3.05, 3.63) is 47.0 Å². The normalized spacial score (nSPS) is 21.0. The van der Waals surface area contributed by atoms with Crippen LogP contribution in [0.5, 0.6) is 0 Å². The van der Waals surface area contributed by atoms with Crippen molar-refractivity contribution in [2.75, 3.05) is 13.1 Å². The van der Waals surface area contributed by atoms with Crippen molar-refractivity contribution in [1.82, 2.24) is 19.9 Å². The average molecular weight is 354 g/mol. The molecule has 1 N–H and O–H groups in total. The number of aromatic nitrogens is 3. The molecule has 0 aliphatic carbocycles. The summed E-state index contributed by atoms with van der Waals surface area (Å²) in [6.07, 6.45) is 1.67. The number of carbonyl (C=O) groups is 1. The third-order valence-electron chi connectivity index (χ3n) is 4.44. The Labute approximate surface area is 141 Å². The summed E-state index contributed by atoms with van der Waals surface area (Å²) >= 11 is 0. The van der Waals surface area contributed by atoms with E-state index in [9.17, 15) is 18.0 Å². The summed E-state index contributed by atoms with van der Waals surface area (Å²) in [5.74, 6) is -4.48. The first-order valence-corrected chi connectivity index (χ1v) is 7.77. The van der Waals surface area contributed by atoms with Gasteiger partial charge in [0.25, 0.3) is 0 Å². The van der Waals surface area contributed by atoms with Gasteiger partial charge < -0.3 is 5.11 Å². The van der Waals surface area contributed by atoms with Gasteiger partial charge in [0.15, 0.2) is 11.6 Å². The number of rotatable bonds is 5. The van der Waals surface area contributed by atoms with Crippen LogP contribution in [0.25, 0.3) is 0 Å². The monoisotopic (exact) mass is 354 g/mol. The molecule has 1 aromatic heterocycles. The van der Waals surface area contributed by atoms with Crippen LogP contribution in [0, 0.1) is 23.4 Å². The number of carboxylic acids is 1. The molecule has 2 aromatic rings.